The smallest absolute Gasteiger partial charge is 0.0487 e. The molecule has 5 heterocycles. The Hall–Kier alpha value is -2.62. The highest BCUT2D eigenvalue weighted by atomic mass is 14.8. The highest BCUT2D eigenvalue weighted by Crippen LogP contribution is 2.42. The molecule has 8 bridgehead atoms. The van der Waals surface area contributed by atoms with Gasteiger partial charge in [0.2, 0.25) is 0 Å². The maximum Gasteiger partial charge on any atom is 0.0487 e. The Labute approximate surface area is 198 Å². The van der Waals surface area contributed by atoms with Gasteiger partial charge in [-0.05, 0) is 55.7 Å². The van der Waals surface area contributed by atoms with Crippen molar-refractivity contribution in [2.75, 3.05) is 0 Å². The van der Waals surface area contributed by atoms with E-state index in [1.165, 1.54) is 22.5 Å². The Morgan fingerprint density at radius 3 is 2.12 bits per heavy atom. The quantitative estimate of drug-likeness (QED) is 0.473. The Balaban J connectivity index is 1.91. The predicted octanol–water partition coefficient (Wildman–Crippen LogP) is 6.78. The molecule has 1 atom stereocenters. The first kappa shape index (κ1) is 22.2. The van der Waals surface area contributed by atoms with Crippen LogP contribution in [0.3, 0.4) is 0 Å². The fraction of sp³-hybridized carbons (Fsp3) is 0.517. The molecule has 4 nitrogen and oxygen atoms in total. The molecule has 0 spiro atoms. The van der Waals surface area contributed by atoms with Crippen LogP contribution >= 0.6 is 0 Å². The van der Waals surface area contributed by atoms with Crippen molar-refractivity contribution in [3.8, 4) is 0 Å². The summed E-state index contributed by atoms with van der Waals surface area (Å²) >= 11 is 0. The molecular weight excluding hydrogens is 404 g/mol. The number of aromatic amines is 2. The Bertz CT molecular complexity index is 1330. The van der Waals surface area contributed by atoms with Crippen molar-refractivity contribution in [2.24, 2.45) is 0 Å². The van der Waals surface area contributed by atoms with E-state index >= 15 is 0 Å². The number of nitrogens with zero attached hydrogens (tertiary/aromatic N) is 2. The lowest BCUT2D eigenvalue weighted by molar-refractivity contribution is 0.457. The van der Waals surface area contributed by atoms with E-state index in [-0.39, 0.29) is 16.2 Å². The minimum absolute atomic E-state index is 0.00857. The summed E-state index contributed by atoms with van der Waals surface area (Å²) in [5, 5.41) is 0. The molecule has 0 radical (unpaired) electrons. The fourth-order valence-corrected chi connectivity index (χ4v) is 5.46. The van der Waals surface area contributed by atoms with E-state index < -0.39 is 0 Å². The molecule has 2 aromatic rings. The molecule has 4 heteroatoms. The van der Waals surface area contributed by atoms with Crippen molar-refractivity contribution >= 4 is 11.0 Å². The molecule has 2 N–H and O–H groups in total. The molecule has 1 unspecified atom stereocenters. The van der Waals surface area contributed by atoms with E-state index in [0.29, 0.717) is 5.92 Å². The van der Waals surface area contributed by atoms with Gasteiger partial charge in [-0.25, -0.2) is 0 Å². The lowest BCUT2D eigenvalue weighted by Gasteiger charge is -2.23. The van der Waals surface area contributed by atoms with Crippen LogP contribution in [0.2, 0.25) is 0 Å². The average Bonchev–Trinajstić information content (AvgIpc) is 3.31. The molecule has 0 amide bonds. The molecule has 0 fully saturated rings. The second kappa shape index (κ2) is 6.94. The normalized spacial score (nSPS) is 21.7. The Morgan fingerprint density at radius 2 is 1.42 bits per heavy atom. The van der Waals surface area contributed by atoms with E-state index in [1.807, 2.05) is 0 Å². The summed E-state index contributed by atoms with van der Waals surface area (Å²) in [7, 11) is 0. The number of rotatable bonds is 0. The molecule has 0 aliphatic carbocycles. The van der Waals surface area contributed by atoms with Crippen LogP contribution < -0.4 is 0 Å². The van der Waals surface area contributed by atoms with Gasteiger partial charge in [-0.15, -0.1) is 0 Å². The number of aromatic nitrogens is 4. The van der Waals surface area contributed by atoms with Gasteiger partial charge in [0.1, 0.15) is 0 Å². The van der Waals surface area contributed by atoms with Crippen LogP contribution in [-0.2, 0) is 29.1 Å². The number of hydrogen-bond acceptors (Lipinski definition) is 2. The van der Waals surface area contributed by atoms with Crippen LogP contribution in [0.25, 0.3) is 11.0 Å². The van der Waals surface area contributed by atoms with E-state index in [0.717, 1.165) is 46.7 Å². The topological polar surface area (TPSA) is 57.4 Å². The van der Waals surface area contributed by atoms with E-state index in [1.54, 1.807) is 0 Å². The van der Waals surface area contributed by atoms with Gasteiger partial charge >= 0.3 is 0 Å². The third-order valence-electron chi connectivity index (χ3n) is 8.51. The molecule has 0 saturated carbocycles. The lowest BCUT2D eigenvalue weighted by atomic mass is 9.78. The molecule has 0 aromatic carbocycles. The van der Waals surface area contributed by atoms with Gasteiger partial charge in [-0.3, -0.25) is 9.97 Å². The minimum Gasteiger partial charge on any atom is -0.362 e. The largest absolute Gasteiger partial charge is 0.362 e. The minimum atomic E-state index is -0.0153. The van der Waals surface area contributed by atoms with Crippen LogP contribution in [-0.4, -0.2) is 19.9 Å². The van der Waals surface area contributed by atoms with Crippen LogP contribution in [0, 0.1) is 13.8 Å². The zero-order valence-electron chi connectivity index (χ0n) is 21.7. The lowest BCUT2D eigenvalue weighted by Crippen LogP contribution is -2.20. The van der Waals surface area contributed by atoms with Crippen molar-refractivity contribution in [3.05, 3.63) is 69.6 Å². The summed E-state index contributed by atoms with van der Waals surface area (Å²) in [5.74, 6) is 0.342. The van der Waals surface area contributed by atoms with Crippen molar-refractivity contribution in [1.82, 2.24) is 19.9 Å². The van der Waals surface area contributed by atoms with Gasteiger partial charge in [0.15, 0.2) is 0 Å². The molecule has 33 heavy (non-hydrogen) atoms. The zero-order chi connectivity index (χ0) is 23.9. The van der Waals surface area contributed by atoms with Gasteiger partial charge in [0.05, 0.1) is 0 Å². The second-order valence-corrected chi connectivity index (χ2v) is 12.3. The first-order valence-corrected chi connectivity index (χ1v) is 12.3. The van der Waals surface area contributed by atoms with Gasteiger partial charge < -0.3 is 9.97 Å². The molecule has 0 saturated heterocycles. The summed E-state index contributed by atoms with van der Waals surface area (Å²) in [4.78, 5) is 17.7. The van der Waals surface area contributed by atoms with Crippen molar-refractivity contribution in [3.63, 3.8) is 0 Å². The number of hydrogen-bond donors (Lipinski definition) is 2. The summed E-state index contributed by atoms with van der Waals surface area (Å²) in [6.07, 6.45) is 1.94. The number of H-pyrrole nitrogens is 2. The van der Waals surface area contributed by atoms with Crippen LogP contribution in [0.4, 0.5) is 0 Å². The second-order valence-electron chi connectivity index (χ2n) is 12.3. The molecule has 174 valence electrons. The molecule has 5 rings (SSSR count). The van der Waals surface area contributed by atoms with Crippen molar-refractivity contribution in [1.29, 1.82) is 0 Å². The number of aryl methyl sites for hydroxylation is 2. The van der Waals surface area contributed by atoms with E-state index in [9.17, 15) is 0 Å². The van der Waals surface area contributed by atoms with Crippen LogP contribution in [0.5, 0.6) is 0 Å². The molecular formula is C29H38N4. The van der Waals surface area contributed by atoms with E-state index in [4.69, 9.17) is 9.97 Å². The van der Waals surface area contributed by atoms with Gasteiger partial charge in [-0.2, -0.15) is 0 Å². The van der Waals surface area contributed by atoms with Crippen molar-refractivity contribution in [2.45, 2.75) is 97.3 Å². The maximum atomic E-state index is 5.17. The third-order valence-corrected chi connectivity index (χ3v) is 8.51. The molecule has 3 aliphatic rings. The average molecular weight is 443 g/mol. The van der Waals surface area contributed by atoms with E-state index in [2.05, 4.69) is 96.5 Å². The van der Waals surface area contributed by atoms with Gasteiger partial charge in [0, 0.05) is 73.8 Å². The summed E-state index contributed by atoms with van der Waals surface area (Å²) in [5.41, 5.74) is 12.1. The fourth-order valence-electron chi connectivity index (χ4n) is 5.46. The monoisotopic (exact) mass is 442 g/mol. The standard InChI is InChI=1S/C29H38N4/c1-16-17(2)22-13-25-28(6,7)14-19(31-25)10-24-27(4,5)15-20(30-24)11-26-29(8,9)18(3)23(33-26)12-21(16)32-22/h10-13,18,30,32H,14-15H2,1-9H3. The molecule has 2 aromatic heterocycles. The first-order valence-electron chi connectivity index (χ1n) is 12.3. The highest BCUT2D eigenvalue weighted by Gasteiger charge is 2.37. The summed E-state index contributed by atoms with van der Waals surface area (Å²) < 4.78 is 0. The Kier molecular flexibility index (Phi) is 4.67. The zero-order valence-corrected chi connectivity index (χ0v) is 21.7. The van der Waals surface area contributed by atoms with Crippen LogP contribution in [0.1, 0.15) is 99.7 Å². The highest BCUT2D eigenvalue weighted by molar-refractivity contribution is 5.71. The SMILES string of the molecule is Cc1c(C)c2cc3nc(cc4[nH]c(cc5nc(cc1[nH]2)C(C)C5(C)C)CC4(C)C)CC3(C)C. The number of fused-ring (bicyclic) bond motifs is 8. The molecule has 3 aliphatic heterocycles. The number of nitrogens with one attached hydrogen (secondary N) is 2. The Morgan fingerprint density at radius 1 is 0.758 bits per heavy atom. The van der Waals surface area contributed by atoms with Gasteiger partial charge in [0.25, 0.3) is 0 Å². The first-order chi connectivity index (χ1) is 15.3. The summed E-state index contributed by atoms with van der Waals surface area (Å²) in [6.45, 7) is 20.6. The summed E-state index contributed by atoms with van der Waals surface area (Å²) in [6, 6.07) is 9.12. The van der Waals surface area contributed by atoms with Crippen LogP contribution in [0.15, 0.2) is 24.3 Å². The maximum absolute atomic E-state index is 5.17. The third kappa shape index (κ3) is 3.50. The predicted molar refractivity (Wildman–Crippen MR) is 137 cm³/mol. The van der Waals surface area contributed by atoms with Crippen molar-refractivity contribution < 1.29 is 0 Å². The van der Waals surface area contributed by atoms with Gasteiger partial charge in [-0.1, -0.05) is 48.5 Å².